The molecule has 4 aromatic rings. The number of imidazole rings is 1. The van der Waals surface area contributed by atoms with Crippen molar-refractivity contribution in [3.8, 4) is 11.4 Å². The second kappa shape index (κ2) is 7.68. The van der Waals surface area contributed by atoms with Gasteiger partial charge in [-0.3, -0.25) is 0 Å². The highest BCUT2D eigenvalue weighted by Crippen LogP contribution is 2.39. The smallest absolute Gasteiger partial charge is 0.347 e. The van der Waals surface area contributed by atoms with Crippen LogP contribution in [0.15, 0.2) is 36.4 Å². The maximum atomic E-state index is 14.8. The number of alkyl halides is 3. The van der Waals surface area contributed by atoms with Crippen LogP contribution in [0.3, 0.4) is 0 Å². The summed E-state index contributed by atoms with van der Waals surface area (Å²) in [5.41, 5.74) is 0.519. The minimum atomic E-state index is -4.43. The number of anilines is 3. The maximum absolute atomic E-state index is 14.8. The van der Waals surface area contributed by atoms with Crippen LogP contribution in [-0.2, 0) is 6.18 Å². The van der Waals surface area contributed by atoms with E-state index in [2.05, 4.69) is 30.2 Å². The number of aromatic nitrogens is 5. The molecule has 2 heterocycles. The van der Waals surface area contributed by atoms with Crippen LogP contribution in [0.25, 0.3) is 22.4 Å². The van der Waals surface area contributed by atoms with E-state index in [0.29, 0.717) is 40.4 Å². The number of nitrogens with one attached hydrogen (secondary N) is 2. The number of hydrogen-bond acceptors (Lipinski definition) is 6. The normalized spacial score (nSPS) is 14.0. The van der Waals surface area contributed by atoms with Gasteiger partial charge in [0.25, 0.3) is 0 Å². The van der Waals surface area contributed by atoms with Crippen molar-refractivity contribution in [3.63, 3.8) is 0 Å². The SMILES string of the molecule is CN(C)c1nc(Nc2cc(F)c3nc(-c4ccc(C(F)(F)F)cc4)[nH]c3c2)nc(C2CC2)n1. The molecular formula is C22H19F4N7. The van der Waals surface area contributed by atoms with Gasteiger partial charge in [0.15, 0.2) is 5.82 Å². The van der Waals surface area contributed by atoms with Gasteiger partial charge in [0.1, 0.15) is 17.2 Å². The van der Waals surface area contributed by atoms with Crippen LogP contribution < -0.4 is 10.2 Å². The topological polar surface area (TPSA) is 82.6 Å². The van der Waals surface area contributed by atoms with Crippen LogP contribution >= 0.6 is 0 Å². The zero-order valence-electron chi connectivity index (χ0n) is 17.7. The van der Waals surface area contributed by atoms with E-state index in [9.17, 15) is 17.6 Å². The molecule has 0 unspecified atom stereocenters. The first kappa shape index (κ1) is 21.1. The van der Waals surface area contributed by atoms with Crippen molar-refractivity contribution >= 4 is 28.6 Å². The third-order valence-electron chi connectivity index (χ3n) is 5.27. The number of H-pyrrole nitrogens is 1. The highest BCUT2D eigenvalue weighted by molar-refractivity contribution is 5.84. The van der Waals surface area contributed by atoms with E-state index in [0.717, 1.165) is 25.0 Å². The number of halogens is 4. The fourth-order valence-electron chi connectivity index (χ4n) is 3.39. The Labute approximate surface area is 185 Å². The summed E-state index contributed by atoms with van der Waals surface area (Å²) in [7, 11) is 3.66. The Hall–Kier alpha value is -3.76. The third kappa shape index (κ3) is 4.30. The van der Waals surface area contributed by atoms with Gasteiger partial charge in [0.05, 0.1) is 11.1 Å². The molecule has 0 aliphatic heterocycles. The van der Waals surface area contributed by atoms with Crippen LogP contribution in [-0.4, -0.2) is 39.0 Å². The zero-order valence-corrected chi connectivity index (χ0v) is 17.7. The second-order valence-corrected chi connectivity index (χ2v) is 8.13. The molecule has 0 radical (unpaired) electrons. The lowest BCUT2D eigenvalue weighted by atomic mass is 10.1. The fraction of sp³-hybridized carbons (Fsp3) is 0.273. The van der Waals surface area contributed by atoms with Crippen molar-refractivity contribution in [3.05, 3.63) is 53.6 Å². The molecule has 0 amide bonds. The minimum absolute atomic E-state index is 0.0822. The van der Waals surface area contributed by atoms with Crippen molar-refractivity contribution < 1.29 is 17.6 Å². The summed E-state index contributed by atoms with van der Waals surface area (Å²) in [5, 5.41) is 3.03. The first-order chi connectivity index (χ1) is 15.7. The highest BCUT2D eigenvalue weighted by Gasteiger charge is 2.30. The standard InChI is InChI=1S/C22H19F4N7/c1-33(2)21-31-19(11-3-4-11)30-20(32-21)27-14-9-15(23)17-16(10-14)28-18(29-17)12-5-7-13(8-6-12)22(24,25)26/h5-11H,3-4H2,1-2H3,(H,28,29)(H,27,30,31,32). The Morgan fingerprint density at radius 1 is 1.00 bits per heavy atom. The molecule has 0 atom stereocenters. The van der Waals surface area contributed by atoms with Gasteiger partial charge in [-0.05, 0) is 37.1 Å². The van der Waals surface area contributed by atoms with Crippen LogP contribution in [0, 0.1) is 5.82 Å². The Morgan fingerprint density at radius 3 is 2.36 bits per heavy atom. The van der Waals surface area contributed by atoms with Crippen LogP contribution in [0.2, 0.25) is 0 Å². The summed E-state index contributed by atoms with van der Waals surface area (Å²) >= 11 is 0. The molecular weight excluding hydrogens is 438 g/mol. The summed E-state index contributed by atoms with van der Waals surface area (Å²) in [6.45, 7) is 0. The van der Waals surface area contributed by atoms with Crippen LogP contribution in [0.4, 0.5) is 35.1 Å². The average Bonchev–Trinajstić information content (AvgIpc) is 3.52. The van der Waals surface area contributed by atoms with E-state index < -0.39 is 17.6 Å². The number of aromatic amines is 1. The van der Waals surface area contributed by atoms with Crippen LogP contribution in [0.1, 0.15) is 30.1 Å². The van der Waals surface area contributed by atoms with Gasteiger partial charge in [-0.2, -0.15) is 28.1 Å². The summed E-state index contributed by atoms with van der Waals surface area (Å²) in [6, 6.07) is 7.44. The molecule has 1 aliphatic carbocycles. The van der Waals surface area contributed by atoms with Gasteiger partial charge in [-0.25, -0.2) is 9.37 Å². The predicted octanol–water partition coefficient (Wildman–Crippen LogP) is 5.26. The second-order valence-electron chi connectivity index (χ2n) is 8.13. The summed E-state index contributed by atoms with van der Waals surface area (Å²) < 4.78 is 53.2. The van der Waals surface area contributed by atoms with E-state index in [1.165, 1.54) is 18.2 Å². The molecule has 2 aromatic carbocycles. The van der Waals surface area contributed by atoms with Crippen LogP contribution in [0.5, 0.6) is 0 Å². The molecule has 7 nitrogen and oxygen atoms in total. The summed E-state index contributed by atoms with van der Waals surface area (Å²) in [4.78, 5) is 22.3. The quantitative estimate of drug-likeness (QED) is 0.398. The van der Waals surface area contributed by atoms with E-state index in [1.807, 2.05) is 14.1 Å². The van der Waals surface area contributed by atoms with Gasteiger partial charge >= 0.3 is 6.18 Å². The third-order valence-corrected chi connectivity index (χ3v) is 5.27. The van der Waals surface area contributed by atoms with Gasteiger partial charge in [0.2, 0.25) is 11.9 Å². The number of nitrogens with zero attached hydrogens (tertiary/aromatic N) is 5. The van der Waals surface area contributed by atoms with Crippen molar-refractivity contribution in [1.82, 2.24) is 24.9 Å². The zero-order chi connectivity index (χ0) is 23.3. The molecule has 2 aromatic heterocycles. The molecule has 5 rings (SSSR count). The van der Waals surface area contributed by atoms with E-state index in [-0.39, 0.29) is 11.3 Å². The molecule has 0 bridgehead atoms. The maximum Gasteiger partial charge on any atom is 0.416 e. The Kier molecular flexibility index (Phi) is 4.91. The molecule has 0 saturated heterocycles. The minimum Gasteiger partial charge on any atom is -0.347 e. The van der Waals surface area contributed by atoms with Crippen molar-refractivity contribution in [2.75, 3.05) is 24.3 Å². The lowest BCUT2D eigenvalue weighted by Crippen LogP contribution is -2.16. The number of benzene rings is 2. The van der Waals surface area contributed by atoms with Gasteiger partial charge < -0.3 is 15.2 Å². The first-order valence-electron chi connectivity index (χ1n) is 10.2. The van der Waals surface area contributed by atoms with Crippen molar-refractivity contribution in [2.24, 2.45) is 0 Å². The van der Waals surface area contributed by atoms with Gasteiger partial charge in [-0.15, -0.1) is 0 Å². The molecule has 0 spiro atoms. The first-order valence-corrected chi connectivity index (χ1v) is 10.2. The molecule has 11 heteroatoms. The summed E-state index contributed by atoms with van der Waals surface area (Å²) in [6.07, 6.45) is -2.38. The van der Waals surface area contributed by atoms with Crippen molar-refractivity contribution in [2.45, 2.75) is 24.9 Å². The lowest BCUT2D eigenvalue weighted by Gasteiger charge is -2.13. The number of hydrogen-bond donors (Lipinski definition) is 2. The van der Waals surface area contributed by atoms with E-state index in [1.54, 1.807) is 11.0 Å². The largest absolute Gasteiger partial charge is 0.416 e. The Balaban J connectivity index is 1.46. The summed E-state index contributed by atoms with van der Waals surface area (Å²) in [5.74, 6) is 1.49. The molecule has 1 fully saturated rings. The van der Waals surface area contributed by atoms with E-state index in [4.69, 9.17) is 0 Å². The van der Waals surface area contributed by atoms with Gasteiger partial charge in [-0.1, -0.05) is 12.1 Å². The fourth-order valence-corrected chi connectivity index (χ4v) is 3.39. The molecule has 2 N–H and O–H groups in total. The Morgan fingerprint density at radius 2 is 1.73 bits per heavy atom. The van der Waals surface area contributed by atoms with E-state index >= 15 is 0 Å². The lowest BCUT2D eigenvalue weighted by molar-refractivity contribution is -0.137. The molecule has 170 valence electrons. The van der Waals surface area contributed by atoms with Crippen molar-refractivity contribution in [1.29, 1.82) is 0 Å². The monoisotopic (exact) mass is 457 g/mol. The highest BCUT2D eigenvalue weighted by atomic mass is 19.4. The van der Waals surface area contributed by atoms with Gasteiger partial charge in [0, 0.05) is 31.3 Å². The predicted molar refractivity (Wildman–Crippen MR) is 116 cm³/mol. The average molecular weight is 457 g/mol. The Bertz CT molecular complexity index is 1310. The molecule has 1 aliphatic rings. The molecule has 33 heavy (non-hydrogen) atoms. The number of rotatable bonds is 5. The number of fused-ring (bicyclic) bond motifs is 1. The molecule has 1 saturated carbocycles.